The van der Waals surface area contributed by atoms with Crippen LogP contribution in [0.15, 0.2) is 84.9 Å². The van der Waals surface area contributed by atoms with E-state index in [-0.39, 0.29) is 5.91 Å². The zero-order valence-corrected chi connectivity index (χ0v) is 19.4. The van der Waals surface area contributed by atoms with E-state index in [2.05, 4.69) is 20.9 Å². The highest BCUT2D eigenvalue weighted by Crippen LogP contribution is 2.21. The number of nitrogens with one attached hydrogen (secondary N) is 3. The number of urea groups is 1. The Morgan fingerprint density at radius 1 is 0.794 bits per heavy atom. The maximum atomic E-state index is 13.0. The molecule has 1 aliphatic rings. The fourth-order valence-corrected chi connectivity index (χ4v) is 4.24. The Morgan fingerprint density at radius 2 is 1.41 bits per heavy atom. The molecule has 6 heteroatoms. The number of hydrogen-bond acceptors (Lipinski definition) is 3. The first-order valence-corrected chi connectivity index (χ1v) is 12.0. The largest absolute Gasteiger partial charge is 0.354 e. The topological polar surface area (TPSA) is 73.5 Å². The van der Waals surface area contributed by atoms with Gasteiger partial charge in [-0.1, -0.05) is 72.8 Å². The second-order valence-electron chi connectivity index (χ2n) is 8.58. The molecule has 1 aliphatic heterocycles. The number of hydrogen-bond donors (Lipinski definition) is 3. The van der Waals surface area contributed by atoms with Crippen molar-refractivity contribution in [3.8, 4) is 11.1 Å². The Morgan fingerprint density at radius 3 is 2.09 bits per heavy atom. The summed E-state index contributed by atoms with van der Waals surface area (Å²) in [5.41, 5.74) is 3.59. The number of nitrogens with zero attached hydrogens (tertiary/aromatic N) is 1. The molecule has 1 atom stereocenters. The number of benzene rings is 3. The highest BCUT2D eigenvalue weighted by Gasteiger charge is 2.22. The van der Waals surface area contributed by atoms with Crippen molar-refractivity contribution in [2.24, 2.45) is 0 Å². The molecular weight excluding hydrogens is 424 g/mol. The SMILES string of the molecule is O=C(Nc1ccc(-c2ccccc2)cc1)N[C@H](C(=O)NCCCN1CCCC1)c1ccccc1. The minimum absolute atomic E-state index is 0.206. The minimum Gasteiger partial charge on any atom is -0.354 e. The van der Waals surface area contributed by atoms with E-state index in [1.165, 1.54) is 12.8 Å². The average molecular weight is 457 g/mol. The molecule has 4 rings (SSSR count). The summed E-state index contributed by atoms with van der Waals surface area (Å²) in [6, 6.07) is 25.8. The molecule has 0 aliphatic carbocycles. The Hall–Kier alpha value is -3.64. The molecule has 0 saturated carbocycles. The van der Waals surface area contributed by atoms with Gasteiger partial charge in [-0.3, -0.25) is 4.79 Å². The smallest absolute Gasteiger partial charge is 0.320 e. The zero-order chi connectivity index (χ0) is 23.6. The molecule has 6 nitrogen and oxygen atoms in total. The normalized spacial score (nSPS) is 14.4. The molecule has 0 bridgehead atoms. The lowest BCUT2D eigenvalue weighted by atomic mass is 10.1. The molecule has 0 radical (unpaired) electrons. The second kappa shape index (κ2) is 12.0. The third-order valence-corrected chi connectivity index (χ3v) is 6.07. The van der Waals surface area contributed by atoms with Crippen molar-refractivity contribution in [1.82, 2.24) is 15.5 Å². The summed E-state index contributed by atoms with van der Waals surface area (Å²) in [4.78, 5) is 28.1. The van der Waals surface area contributed by atoms with Gasteiger partial charge in [0.25, 0.3) is 0 Å². The monoisotopic (exact) mass is 456 g/mol. The van der Waals surface area contributed by atoms with Gasteiger partial charge in [0.1, 0.15) is 6.04 Å². The molecule has 1 fully saturated rings. The summed E-state index contributed by atoms with van der Waals surface area (Å²) in [5, 5.41) is 8.67. The van der Waals surface area contributed by atoms with Crippen LogP contribution in [0.3, 0.4) is 0 Å². The van der Waals surface area contributed by atoms with Gasteiger partial charge in [0.2, 0.25) is 5.91 Å². The van der Waals surface area contributed by atoms with Gasteiger partial charge in [-0.25, -0.2) is 4.79 Å². The summed E-state index contributed by atoms with van der Waals surface area (Å²) in [6.45, 7) is 3.87. The lowest BCUT2D eigenvalue weighted by Crippen LogP contribution is -2.42. The predicted octanol–water partition coefficient (Wildman–Crippen LogP) is 4.82. The molecule has 0 unspecified atom stereocenters. The Balaban J connectivity index is 1.34. The molecule has 3 aromatic rings. The average Bonchev–Trinajstić information content (AvgIpc) is 3.40. The van der Waals surface area contributed by atoms with Gasteiger partial charge in [0, 0.05) is 12.2 Å². The summed E-state index contributed by atoms with van der Waals surface area (Å²) >= 11 is 0. The van der Waals surface area contributed by atoms with Crippen LogP contribution in [-0.2, 0) is 4.79 Å². The molecule has 1 saturated heterocycles. The van der Waals surface area contributed by atoms with E-state index in [9.17, 15) is 9.59 Å². The standard InChI is InChI=1S/C28H32N4O2/c33-27(29-18-9-21-32-19-7-8-20-32)26(24-12-5-2-6-13-24)31-28(34)30-25-16-14-23(15-17-25)22-10-3-1-4-11-22/h1-6,10-17,26H,7-9,18-21H2,(H,29,33)(H2,30,31,34)/t26-/m0/s1. The Bertz CT molecular complexity index is 1050. The second-order valence-corrected chi connectivity index (χ2v) is 8.58. The Kier molecular flexibility index (Phi) is 8.30. The molecule has 1 heterocycles. The molecule has 3 N–H and O–H groups in total. The van der Waals surface area contributed by atoms with Crippen LogP contribution < -0.4 is 16.0 Å². The molecule has 176 valence electrons. The van der Waals surface area contributed by atoms with Crippen LogP contribution >= 0.6 is 0 Å². The van der Waals surface area contributed by atoms with Crippen LogP contribution in [0, 0.1) is 0 Å². The van der Waals surface area contributed by atoms with E-state index < -0.39 is 12.1 Å². The number of likely N-dealkylation sites (tertiary alicyclic amines) is 1. The maximum absolute atomic E-state index is 13.0. The van der Waals surface area contributed by atoms with E-state index in [1.807, 2.05) is 84.9 Å². The molecule has 3 amide bonds. The number of rotatable bonds is 9. The van der Waals surface area contributed by atoms with Gasteiger partial charge >= 0.3 is 6.03 Å². The fraction of sp³-hybridized carbons (Fsp3) is 0.286. The first kappa shape index (κ1) is 23.5. The zero-order valence-electron chi connectivity index (χ0n) is 19.4. The third-order valence-electron chi connectivity index (χ3n) is 6.07. The minimum atomic E-state index is -0.767. The van der Waals surface area contributed by atoms with Crippen molar-refractivity contribution in [3.63, 3.8) is 0 Å². The predicted molar refractivity (Wildman–Crippen MR) is 137 cm³/mol. The van der Waals surface area contributed by atoms with Gasteiger partial charge < -0.3 is 20.9 Å². The third kappa shape index (κ3) is 6.68. The maximum Gasteiger partial charge on any atom is 0.320 e. The van der Waals surface area contributed by atoms with Crippen LogP contribution in [0.2, 0.25) is 0 Å². The highest BCUT2D eigenvalue weighted by atomic mass is 16.2. The molecular formula is C28H32N4O2. The van der Waals surface area contributed by atoms with E-state index in [4.69, 9.17) is 0 Å². The fourth-order valence-electron chi connectivity index (χ4n) is 4.24. The van der Waals surface area contributed by atoms with E-state index in [0.29, 0.717) is 12.2 Å². The van der Waals surface area contributed by atoms with Crippen molar-refractivity contribution in [1.29, 1.82) is 0 Å². The van der Waals surface area contributed by atoms with Crippen LogP contribution in [0.25, 0.3) is 11.1 Å². The van der Waals surface area contributed by atoms with Crippen LogP contribution in [-0.4, -0.2) is 43.0 Å². The van der Waals surface area contributed by atoms with Crippen molar-refractivity contribution >= 4 is 17.6 Å². The lowest BCUT2D eigenvalue weighted by molar-refractivity contribution is -0.123. The van der Waals surface area contributed by atoms with Crippen molar-refractivity contribution in [2.75, 3.05) is 31.5 Å². The molecule has 34 heavy (non-hydrogen) atoms. The Labute approximate surface area is 201 Å². The van der Waals surface area contributed by atoms with Crippen LogP contribution in [0.4, 0.5) is 10.5 Å². The van der Waals surface area contributed by atoms with Crippen molar-refractivity contribution in [3.05, 3.63) is 90.5 Å². The van der Waals surface area contributed by atoms with E-state index in [1.54, 1.807) is 0 Å². The molecule has 0 spiro atoms. The highest BCUT2D eigenvalue weighted by molar-refractivity contribution is 5.94. The number of carbonyl (C=O) groups is 2. The van der Waals surface area contributed by atoms with Gasteiger partial charge in [0.05, 0.1) is 0 Å². The van der Waals surface area contributed by atoms with Gasteiger partial charge in [-0.05, 0) is 67.7 Å². The summed E-state index contributed by atoms with van der Waals surface area (Å²) in [6.07, 6.45) is 3.42. The summed E-state index contributed by atoms with van der Waals surface area (Å²) in [5.74, 6) is -0.206. The number of amides is 3. The first-order valence-electron chi connectivity index (χ1n) is 12.0. The quantitative estimate of drug-likeness (QED) is 0.404. The van der Waals surface area contributed by atoms with Gasteiger partial charge in [0.15, 0.2) is 0 Å². The van der Waals surface area contributed by atoms with Crippen molar-refractivity contribution < 1.29 is 9.59 Å². The summed E-state index contributed by atoms with van der Waals surface area (Å²) < 4.78 is 0. The van der Waals surface area contributed by atoms with Gasteiger partial charge in [-0.2, -0.15) is 0 Å². The van der Waals surface area contributed by atoms with Crippen LogP contribution in [0.5, 0.6) is 0 Å². The first-order chi connectivity index (χ1) is 16.7. The number of anilines is 1. The van der Waals surface area contributed by atoms with E-state index >= 15 is 0 Å². The lowest BCUT2D eigenvalue weighted by Gasteiger charge is -2.20. The van der Waals surface area contributed by atoms with Crippen LogP contribution in [0.1, 0.15) is 30.9 Å². The van der Waals surface area contributed by atoms with E-state index in [0.717, 1.165) is 42.7 Å². The van der Waals surface area contributed by atoms with Crippen molar-refractivity contribution in [2.45, 2.75) is 25.3 Å². The molecule has 3 aromatic carbocycles. The van der Waals surface area contributed by atoms with Gasteiger partial charge in [-0.15, -0.1) is 0 Å². The molecule has 0 aromatic heterocycles. The summed E-state index contributed by atoms with van der Waals surface area (Å²) in [7, 11) is 0. The number of carbonyl (C=O) groups excluding carboxylic acids is 2.